The lowest BCUT2D eigenvalue weighted by Crippen LogP contribution is -2.39. The fourth-order valence-corrected chi connectivity index (χ4v) is 2.74. The monoisotopic (exact) mass is 435 g/mol. The zero-order valence-electron chi connectivity index (χ0n) is 13.2. The molecule has 0 radical (unpaired) electrons. The van der Waals surface area contributed by atoms with Crippen molar-refractivity contribution in [1.82, 2.24) is 5.32 Å². The predicted molar refractivity (Wildman–Crippen MR) is 98.6 cm³/mol. The Kier molecular flexibility index (Phi) is 9.12. The smallest absolute Gasteiger partial charge is 0.246 e. The number of ether oxygens (including phenoxy) is 2. The number of nitrogens with one attached hydrogen (secondary N) is 1. The number of morpholine rings is 1. The van der Waals surface area contributed by atoms with Crippen molar-refractivity contribution in [2.24, 2.45) is 0 Å². The summed E-state index contributed by atoms with van der Waals surface area (Å²) in [6.45, 7) is 4.19. The highest BCUT2D eigenvalue weighted by Crippen LogP contribution is 2.42. The van der Waals surface area contributed by atoms with Crippen LogP contribution in [0.1, 0.15) is 35.1 Å². The van der Waals surface area contributed by atoms with Crippen LogP contribution in [-0.4, -0.2) is 30.4 Å². The number of halogens is 4. The molecule has 2 rings (SSSR count). The van der Waals surface area contributed by atoms with Crippen LogP contribution in [0.5, 0.6) is 5.75 Å². The van der Waals surface area contributed by atoms with Crippen LogP contribution in [0, 0.1) is 6.92 Å². The molecular formula is C14H17Cl4NO4S. The number of rotatable bonds is 3. The number of alkyl halides is 1. The van der Waals surface area contributed by atoms with Crippen LogP contribution in [0.15, 0.2) is 6.07 Å². The average Bonchev–Trinajstić information content (AvgIpc) is 2.49. The van der Waals surface area contributed by atoms with Gasteiger partial charge in [-0.25, -0.2) is 4.21 Å². The van der Waals surface area contributed by atoms with Crippen LogP contribution in [0.2, 0.25) is 5.02 Å². The van der Waals surface area contributed by atoms with Crippen molar-refractivity contribution in [3.8, 4) is 5.75 Å². The molecule has 1 heterocycles. The molecule has 1 saturated heterocycles. The van der Waals surface area contributed by atoms with Gasteiger partial charge in [-0.2, -0.15) is 0 Å². The van der Waals surface area contributed by atoms with Crippen LogP contribution in [-0.2, 0) is 18.8 Å². The number of carbonyl (C=O) groups is 1. The van der Waals surface area contributed by atoms with E-state index in [1.54, 1.807) is 7.11 Å². The van der Waals surface area contributed by atoms with Gasteiger partial charge >= 0.3 is 0 Å². The Labute approximate surface area is 162 Å². The maximum absolute atomic E-state index is 11.2. The van der Waals surface area contributed by atoms with E-state index in [-0.39, 0.29) is 24.0 Å². The first-order valence-corrected chi connectivity index (χ1v) is 10.4. The van der Waals surface area contributed by atoms with Gasteiger partial charge in [0.2, 0.25) is 15.1 Å². The molecule has 1 N–H and O–H groups in total. The molecule has 2 atom stereocenters. The quantitative estimate of drug-likeness (QED) is 0.569. The van der Waals surface area contributed by atoms with Crippen LogP contribution < -0.4 is 10.1 Å². The SMILES string of the molecule is COc1c(C(C)Cl)cc(Cl)c(C)c1C1CNC(=O)CO1.O=S(Cl)Cl. The molecule has 0 saturated carbocycles. The van der Waals surface area contributed by atoms with Crippen LogP contribution in [0.25, 0.3) is 0 Å². The van der Waals surface area contributed by atoms with Crippen molar-refractivity contribution in [3.05, 3.63) is 27.8 Å². The lowest BCUT2D eigenvalue weighted by molar-refractivity contribution is -0.133. The fourth-order valence-electron chi connectivity index (χ4n) is 2.35. The molecule has 1 aromatic carbocycles. The highest BCUT2D eigenvalue weighted by Gasteiger charge is 2.28. The Bertz CT molecular complexity index is 613. The topological polar surface area (TPSA) is 64.6 Å². The molecule has 136 valence electrons. The van der Waals surface area contributed by atoms with Gasteiger partial charge in [-0.15, -0.1) is 11.6 Å². The van der Waals surface area contributed by atoms with E-state index in [2.05, 4.69) is 26.7 Å². The van der Waals surface area contributed by atoms with E-state index in [0.29, 0.717) is 17.3 Å². The summed E-state index contributed by atoms with van der Waals surface area (Å²) in [5, 5.41) is 3.16. The third-order valence-electron chi connectivity index (χ3n) is 3.41. The van der Waals surface area contributed by atoms with Gasteiger partial charge in [0.15, 0.2) is 0 Å². The van der Waals surface area contributed by atoms with Crippen molar-refractivity contribution >= 4 is 59.7 Å². The van der Waals surface area contributed by atoms with Crippen molar-refractivity contribution < 1.29 is 18.5 Å². The Balaban J connectivity index is 0.000000648. The summed E-state index contributed by atoms with van der Waals surface area (Å²) in [7, 11) is 8.95. The molecule has 5 nitrogen and oxygen atoms in total. The van der Waals surface area contributed by atoms with Gasteiger partial charge in [-0.3, -0.25) is 4.79 Å². The lowest BCUT2D eigenvalue weighted by atomic mass is 9.96. The number of amides is 1. The molecule has 24 heavy (non-hydrogen) atoms. The standard InChI is InChI=1S/C14H17Cl2NO3.Cl2OS/c1-7-10(16)4-9(8(2)15)14(19-3)13(7)11-5-17-12(18)6-20-11;1-4(2)3/h4,8,11H,5-6H2,1-3H3,(H,17,18);. The summed E-state index contributed by atoms with van der Waals surface area (Å²) in [5.41, 5.74) is 2.55. The molecule has 0 aliphatic carbocycles. The second kappa shape index (κ2) is 10.0. The summed E-state index contributed by atoms with van der Waals surface area (Å²) in [6, 6.07) is 1.82. The van der Waals surface area contributed by atoms with Gasteiger partial charge in [-0.1, -0.05) is 11.6 Å². The first-order chi connectivity index (χ1) is 11.2. The number of hydrogen-bond acceptors (Lipinski definition) is 4. The van der Waals surface area contributed by atoms with Crippen molar-refractivity contribution in [3.63, 3.8) is 0 Å². The summed E-state index contributed by atoms with van der Waals surface area (Å²) >= 11 is 12.5. The summed E-state index contributed by atoms with van der Waals surface area (Å²) in [6.07, 6.45) is -0.282. The number of carbonyl (C=O) groups excluding carboxylic acids is 1. The van der Waals surface area contributed by atoms with Gasteiger partial charge in [-0.05, 0) is 25.5 Å². The Hall–Kier alpha value is -0.240. The van der Waals surface area contributed by atoms with Crippen LogP contribution in [0.3, 0.4) is 0 Å². The zero-order valence-corrected chi connectivity index (χ0v) is 17.0. The molecule has 1 fully saturated rings. The van der Waals surface area contributed by atoms with Crippen molar-refractivity contribution in [1.29, 1.82) is 0 Å². The van der Waals surface area contributed by atoms with Gasteiger partial charge in [0, 0.05) is 44.1 Å². The third-order valence-corrected chi connectivity index (χ3v) is 4.03. The number of benzene rings is 1. The van der Waals surface area contributed by atoms with Crippen LogP contribution in [0.4, 0.5) is 0 Å². The largest absolute Gasteiger partial charge is 0.496 e. The predicted octanol–water partition coefficient (Wildman–Crippen LogP) is 4.19. The summed E-state index contributed by atoms with van der Waals surface area (Å²) in [5.74, 6) is 0.557. The minimum absolute atomic E-state index is 0.0333. The first-order valence-electron chi connectivity index (χ1n) is 6.82. The Morgan fingerprint density at radius 1 is 1.46 bits per heavy atom. The molecule has 1 aromatic rings. The van der Waals surface area contributed by atoms with E-state index in [4.69, 9.17) is 36.9 Å². The number of methoxy groups -OCH3 is 1. The molecule has 1 amide bonds. The minimum atomic E-state index is -1.67. The van der Waals surface area contributed by atoms with Crippen molar-refractivity contribution in [2.75, 3.05) is 20.3 Å². The Morgan fingerprint density at radius 3 is 2.46 bits per heavy atom. The van der Waals surface area contributed by atoms with Crippen molar-refractivity contribution in [2.45, 2.75) is 25.3 Å². The van der Waals surface area contributed by atoms with Gasteiger partial charge in [0.1, 0.15) is 18.5 Å². The Morgan fingerprint density at radius 2 is 2.04 bits per heavy atom. The fraction of sp³-hybridized carbons (Fsp3) is 0.500. The molecular weight excluding hydrogens is 420 g/mol. The third kappa shape index (κ3) is 5.93. The van der Waals surface area contributed by atoms with Gasteiger partial charge in [0.25, 0.3) is 0 Å². The zero-order chi connectivity index (χ0) is 18.4. The highest BCUT2D eigenvalue weighted by molar-refractivity contribution is 8.26. The summed E-state index contributed by atoms with van der Waals surface area (Å²) < 4.78 is 20.2. The van der Waals surface area contributed by atoms with E-state index in [1.165, 1.54) is 0 Å². The van der Waals surface area contributed by atoms with E-state index in [1.807, 2.05) is 19.9 Å². The second-order valence-corrected chi connectivity index (χ2v) is 8.51. The first kappa shape index (κ1) is 21.8. The molecule has 0 bridgehead atoms. The second-order valence-electron chi connectivity index (χ2n) is 4.92. The van der Waals surface area contributed by atoms with Gasteiger partial charge in [0.05, 0.1) is 12.5 Å². The molecule has 0 spiro atoms. The highest BCUT2D eigenvalue weighted by atomic mass is 36.0. The molecule has 10 heteroatoms. The average molecular weight is 437 g/mol. The van der Waals surface area contributed by atoms with Gasteiger partial charge < -0.3 is 14.8 Å². The van der Waals surface area contributed by atoms with E-state index < -0.39 is 9.23 Å². The molecule has 2 unspecified atom stereocenters. The normalized spacial score (nSPS) is 18.5. The number of hydrogen-bond donors (Lipinski definition) is 1. The summed E-state index contributed by atoms with van der Waals surface area (Å²) in [4.78, 5) is 11.2. The maximum Gasteiger partial charge on any atom is 0.246 e. The van der Waals surface area contributed by atoms with E-state index in [9.17, 15) is 4.79 Å². The van der Waals surface area contributed by atoms with E-state index >= 15 is 0 Å². The van der Waals surface area contributed by atoms with E-state index in [0.717, 1.165) is 16.7 Å². The molecule has 0 aromatic heterocycles. The van der Waals surface area contributed by atoms with Crippen LogP contribution >= 0.6 is 44.6 Å². The maximum atomic E-state index is 11.2. The molecule has 1 aliphatic heterocycles. The lowest BCUT2D eigenvalue weighted by Gasteiger charge is -2.28. The minimum Gasteiger partial charge on any atom is -0.496 e. The molecule has 1 aliphatic rings.